The van der Waals surface area contributed by atoms with Crippen molar-refractivity contribution in [1.29, 1.82) is 0 Å². The van der Waals surface area contributed by atoms with Crippen LogP contribution in [0.5, 0.6) is 0 Å². The van der Waals surface area contributed by atoms with E-state index < -0.39 is 11.8 Å². The first-order valence-corrected chi connectivity index (χ1v) is 7.75. The molecule has 0 spiro atoms. The quantitative estimate of drug-likeness (QED) is 0.589. The lowest BCUT2D eigenvalue weighted by Gasteiger charge is -2.21. The Morgan fingerprint density at radius 3 is 2.58 bits per heavy atom. The van der Waals surface area contributed by atoms with Crippen LogP contribution in [0.2, 0.25) is 0 Å². The van der Waals surface area contributed by atoms with Gasteiger partial charge in [-0.15, -0.1) is 0 Å². The van der Waals surface area contributed by atoms with Crippen LogP contribution in [0.25, 0.3) is 10.9 Å². The number of rotatable bonds is 3. The van der Waals surface area contributed by atoms with Gasteiger partial charge < -0.3 is 10.1 Å². The molecule has 1 amide bonds. The van der Waals surface area contributed by atoms with Gasteiger partial charge in [-0.1, -0.05) is 18.2 Å². The first kappa shape index (κ1) is 14.5. The molecule has 2 aromatic heterocycles. The van der Waals surface area contributed by atoms with E-state index in [1.807, 2.05) is 37.4 Å². The van der Waals surface area contributed by atoms with Crippen molar-refractivity contribution in [2.24, 2.45) is 11.0 Å². The average molecular weight is 323 g/mol. The maximum absolute atomic E-state index is 12.4. The van der Waals surface area contributed by atoms with Crippen LogP contribution >= 0.6 is 0 Å². The number of amides is 1. The highest BCUT2D eigenvalue weighted by Crippen LogP contribution is 2.38. The van der Waals surface area contributed by atoms with E-state index in [1.54, 1.807) is 6.92 Å². The fraction of sp³-hybridized carbons (Fsp3) is 0.235. The predicted molar refractivity (Wildman–Crippen MR) is 91.0 cm³/mol. The first-order valence-electron chi connectivity index (χ1n) is 7.75. The second-order valence-corrected chi connectivity index (χ2v) is 6.09. The van der Waals surface area contributed by atoms with Crippen LogP contribution in [0.1, 0.15) is 29.7 Å². The number of aromatic amines is 3. The molecule has 1 aliphatic heterocycles. The lowest BCUT2D eigenvalue weighted by molar-refractivity contribution is -0.122. The number of benzene rings is 1. The van der Waals surface area contributed by atoms with Crippen LogP contribution in [0, 0.1) is 12.8 Å². The summed E-state index contributed by atoms with van der Waals surface area (Å²) in [5, 5.41) is 10.5. The van der Waals surface area contributed by atoms with Gasteiger partial charge in [-0.25, -0.2) is 5.43 Å². The van der Waals surface area contributed by atoms with Gasteiger partial charge in [0, 0.05) is 40.0 Å². The molecule has 7 nitrogen and oxygen atoms in total. The maximum Gasteiger partial charge on any atom is 0.267 e. The summed E-state index contributed by atoms with van der Waals surface area (Å²) < 4.78 is 0. The van der Waals surface area contributed by atoms with E-state index in [-0.39, 0.29) is 11.5 Å². The number of fused-ring (bicyclic) bond motifs is 1. The van der Waals surface area contributed by atoms with Crippen LogP contribution in [0.4, 0.5) is 0 Å². The molecule has 0 radical (unpaired) electrons. The number of para-hydroxylation sites is 1. The molecule has 0 saturated heterocycles. The molecule has 0 fully saturated rings. The topological polar surface area (TPSA) is 106 Å². The number of carbonyl (C=O) groups excluding carboxylic acids is 1. The first-order chi connectivity index (χ1) is 11.6. The monoisotopic (exact) mass is 323 g/mol. The molecule has 24 heavy (non-hydrogen) atoms. The lowest BCUT2D eigenvalue weighted by Crippen LogP contribution is -2.31. The number of aryl methyl sites for hydroxylation is 1. The normalized spacial score (nSPS) is 18.7. The Morgan fingerprint density at radius 2 is 1.92 bits per heavy atom. The van der Waals surface area contributed by atoms with E-state index in [0.717, 1.165) is 22.2 Å². The highest BCUT2D eigenvalue weighted by atomic mass is 16.2. The second-order valence-electron chi connectivity index (χ2n) is 6.09. The molecular formula is C17H17N5O2. The van der Waals surface area contributed by atoms with Crippen molar-refractivity contribution in [2.45, 2.75) is 19.8 Å². The third-order valence-electron chi connectivity index (χ3n) is 4.69. The number of H-pyrrole nitrogens is 3. The Hall–Kier alpha value is -3.09. The predicted octanol–water partition coefficient (Wildman–Crippen LogP) is 1.75. The number of carbonyl (C=O) groups is 1. The summed E-state index contributed by atoms with van der Waals surface area (Å²) in [6, 6.07) is 7.85. The third kappa shape index (κ3) is 2.01. The molecule has 3 heterocycles. The molecule has 1 aliphatic rings. The van der Waals surface area contributed by atoms with Crippen LogP contribution in [-0.4, -0.2) is 26.8 Å². The van der Waals surface area contributed by atoms with Crippen molar-refractivity contribution >= 4 is 22.5 Å². The Bertz CT molecular complexity index is 1020. The molecule has 3 aromatic rings. The Kier molecular flexibility index (Phi) is 3.16. The van der Waals surface area contributed by atoms with E-state index in [2.05, 4.69) is 25.7 Å². The van der Waals surface area contributed by atoms with Crippen molar-refractivity contribution in [2.75, 3.05) is 0 Å². The van der Waals surface area contributed by atoms with Gasteiger partial charge in [0.2, 0.25) is 5.91 Å². The zero-order valence-corrected chi connectivity index (χ0v) is 13.3. The summed E-state index contributed by atoms with van der Waals surface area (Å²) in [7, 11) is 0. The number of hydrogen-bond acceptors (Lipinski definition) is 3. The van der Waals surface area contributed by atoms with Crippen molar-refractivity contribution < 1.29 is 4.79 Å². The van der Waals surface area contributed by atoms with E-state index in [4.69, 9.17) is 0 Å². The number of nitrogens with zero attached hydrogens (tertiary/aromatic N) is 1. The largest absolute Gasteiger partial charge is 0.361 e. The molecule has 1 aromatic carbocycles. The summed E-state index contributed by atoms with van der Waals surface area (Å²) in [5.41, 5.74) is 6.16. The number of hydrazone groups is 1. The zero-order chi connectivity index (χ0) is 16.8. The van der Waals surface area contributed by atoms with Gasteiger partial charge >= 0.3 is 0 Å². The molecule has 0 aliphatic carbocycles. The van der Waals surface area contributed by atoms with E-state index in [1.165, 1.54) is 0 Å². The minimum absolute atomic E-state index is 0.192. The van der Waals surface area contributed by atoms with Crippen molar-refractivity contribution in [3.05, 3.63) is 57.6 Å². The summed E-state index contributed by atoms with van der Waals surface area (Å²) in [6.07, 6.45) is 1.88. The van der Waals surface area contributed by atoms with Gasteiger partial charge in [-0.05, 0) is 25.5 Å². The van der Waals surface area contributed by atoms with Crippen molar-refractivity contribution in [3.63, 3.8) is 0 Å². The lowest BCUT2D eigenvalue weighted by atomic mass is 9.78. The van der Waals surface area contributed by atoms with Crippen molar-refractivity contribution in [1.82, 2.24) is 20.6 Å². The molecule has 0 unspecified atom stereocenters. The second kappa shape index (κ2) is 5.23. The molecular weight excluding hydrogens is 306 g/mol. The molecule has 7 heteroatoms. The fourth-order valence-electron chi connectivity index (χ4n) is 3.55. The molecule has 4 rings (SSSR count). The zero-order valence-electron chi connectivity index (χ0n) is 13.3. The molecule has 122 valence electrons. The molecule has 2 atom stereocenters. The van der Waals surface area contributed by atoms with Gasteiger partial charge in [-0.3, -0.25) is 14.7 Å². The maximum atomic E-state index is 12.4. The molecule has 0 bridgehead atoms. The minimum atomic E-state index is -0.514. The molecule has 4 N–H and O–H groups in total. The van der Waals surface area contributed by atoms with Crippen LogP contribution in [0.3, 0.4) is 0 Å². The number of hydrogen-bond donors (Lipinski definition) is 4. The van der Waals surface area contributed by atoms with Crippen LogP contribution in [-0.2, 0) is 4.79 Å². The van der Waals surface area contributed by atoms with Crippen molar-refractivity contribution in [3.8, 4) is 0 Å². The Morgan fingerprint density at radius 1 is 1.12 bits per heavy atom. The number of nitrogens with one attached hydrogen (secondary N) is 4. The van der Waals surface area contributed by atoms with E-state index in [0.29, 0.717) is 11.3 Å². The Balaban J connectivity index is 1.99. The minimum Gasteiger partial charge on any atom is -0.361 e. The summed E-state index contributed by atoms with van der Waals surface area (Å²) in [4.78, 5) is 28.1. The third-order valence-corrected chi connectivity index (χ3v) is 4.69. The van der Waals surface area contributed by atoms with Gasteiger partial charge in [0.05, 0.1) is 5.92 Å². The molecule has 0 saturated carbocycles. The van der Waals surface area contributed by atoms with Gasteiger partial charge in [0.1, 0.15) is 0 Å². The van der Waals surface area contributed by atoms with Gasteiger partial charge in [0.15, 0.2) is 0 Å². The van der Waals surface area contributed by atoms with Gasteiger partial charge in [-0.2, -0.15) is 5.10 Å². The summed E-state index contributed by atoms with van der Waals surface area (Å²) in [5.74, 6) is -1.12. The van der Waals surface area contributed by atoms with Gasteiger partial charge in [0.25, 0.3) is 5.56 Å². The standard InChI is InChI=1S/C17H17N5O2/c1-8-13(16(23)21-19-8)15(14-9(2)20-22-17(14)24)11-7-18-12-6-4-3-5-10(11)12/h3-7,13,15,18H,1-2H3,(H,21,23)(H2,20,22,24)/t13-,15-/m1/s1. The van der Waals surface area contributed by atoms with E-state index in [9.17, 15) is 9.59 Å². The highest BCUT2D eigenvalue weighted by Gasteiger charge is 2.40. The smallest absolute Gasteiger partial charge is 0.267 e. The van der Waals surface area contributed by atoms with Crippen LogP contribution < -0.4 is 11.0 Å². The van der Waals surface area contributed by atoms with Crippen LogP contribution in [0.15, 0.2) is 40.4 Å². The average Bonchev–Trinajstić information content (AvgIpc) is 3.23. The Labute approximate surface area is 137 Å². The van der Waals surface area contributed by atoms with E-state index >= 15 is 0 Å². The fourth-order valence-corrected chi connectivity index (χ4v) is 3.55. The highest BCUT2D eigenvalue weighted by molar-refractivity contribution is 6.08. The number of aromatic nitrogens is 3. The summed E-state index contributed by atoms with van der Waals surface area (Å²) in [6.45, 7) is 3.63. The SMILES string of the molecule is CC1=NNC(=O)[C@H]1[C@H](c1c(C)[nH][nH]c1=O)c1c[nH]c2ccccc12. The summed E-state index contributed by atoms with van der Waals surface area (Å²) >= 11 is 0.